The van der Waals surface area contributed by atoms with Crippen molar-refractivity contribution in [3.05, 3.63) is 58.4 Å². The molecule has 0 spiro atoms. The van der Waals surface area contributed by atoms with Crippen molar-refractivity contribution in [1.29, 1.82) is 0 Å². The minimum absolute atomic E-state index is 0.0333. The third-order valence-corrected chi connectivity index (χ3v) is 3.02. The van der Waals surface area contributed by atoms with Gasteiger partial charge in [-0.15, -0.1) is 0 Å². The number of carbonyl (C=O) groups is 1. The Morgan fingerprint density at radius 3 is 2.65 bits per heavy atom. The molecular weight excluding hydrogens is 283 g/mol. The molecule has 4 N–H and O–H groups in total. The molecule has 20 heavy (non-hydrogen) atoms. The van der Waals surface area contributed by atoms with Crippen molar-refractivity contribution < 1.29 is 13.9 Å². The van der Waals surface area contributed by atoms with Crippen LogP contribution >= 0.6 is 11.6 Å². The Labute approximate surface area is 120 Å². The monoisotopic (exact) mass is 294 g/mol. The number of nitrogens with two attached hydrogens (primary N) is 2. The summed E-state index contributed by atoms with van der Waals surface area (Å²) in [4.78, 5) is 11.0. The van der Waals surface area contributed by atoms with Crippen LogP contribution in [0.5, 0.6) is 5.75 Å². The summed E-state index contributed by atoms with van der Waals surface area (Å²) in [7, 11) is 0. The van der Waals surface area contributed by atoms with Gasteiger partial charge in [-0.2, -0.15) is 0 Å². The first kappa shape index (κ1) is 14.1. The summed E-state index contributed by atoms with van der Waals surface area (Å²) in [5, 5.41) is 0.178. The minimum atomic E-state index is -0.568. The van der Waals surface area contributed by atoms with E-state index in [2.05, 4.69) is 0 Å². The van der Waals surface area contributed by atoms with Crippen LogP contribution in [0.1, 0.15) is 15.9 Å². The third-order valence-electron chi connectivity index (χ3n) is 2.72. The van der Waals surface area contributed by atoms with E-state index in [1.807, 2.05) is 0 Å². The highest BCUT2D eigenvalue weighted by Crippen LogP contribution is 2.28. The summed E-state index contributed by atoms with van der Waals surface area (Å²) < 4.78 is 18.9. The van der Waals surface area contributed by atoms with Gasteiger partial charge in [0.2, 0.25) is 5.91 Å². The molecule has 6 heteroatoms. The standard InChI is InChI=1S/C14H12ClFN2O2/c15-10-2-1-3-11(16)13(10)20-7-9-5-4-8(14(18)19)6-12(9)17/h1-6H,7,17H2,(H2,18,19). The molecule has 0 radical (unpaired) electrons. The van der Waals surface area contributed by atoms with Crippen LogP contribution in [0.25, 0.3) is 0 Å². The van der Waals surface area contributed by atoms with E-state index in [1.54, 1.807) is 6.07 Å². The van der Waals surface area contributed by atoms with Crippen LogP contribution in [0, 0.1) is 5.82 Å². The molecule has 0 aliphatic carbocycles. The zero-order valence-corrected chi connectivity index (χ0v) is 11.2. The van der Waals surface area contributed by atoms with Crippen LogP contribution < -0.4 is 16.2 Å². The number of hydrogen-bond acceptors (Lipinski definition) is 3. The van der Waals surface area contributed by atoms with Gasteiger partial charge >= 0.3 is 0 Å². The predicted octanol–water partition coefficient (Wildman–Crippen LogP) is 2.74. The van der Waals surface area contributed by atoms with Crippen LogP contribution in [0.3, 0.4) is 0 Å². The molecule has 2 rings (SSSR count). The number of primary amides is 1. The molecule has 0 bridgehead atoms. The van der Waals surface area contributed by atoms with E-state index in [4.69, 9.17) is 27.8 Å². The number of amides is 1. The van der Waals surface area contributed by atoms with Gasteiger partial charge in [-0.3, -0.25) is 4.79 Å². The number of rotatable bonds is 4. The Bertz CT molecular complexity index is 641. The van der Waals surface area contributed by atoms with E-state index in [0.717, 1.165) is 0 Å². The highest BCUT2D eigenvalue weighted by Gasteiger charge is 2.10. The first-order chi connectivity index (χ1) is 9.49. The van der Waals surface area contributed by atoms with Gasteiger partial charge in [-0.05, 0) is 24.3 Å². The van der Waals surface area contributed by atoms with Gasteiger partial charge in [-0.25, -0.2) is 4.39 Å². The Morgan fingerprint density at radius 1 is 1.30 bits per heavy atom. The fraction of sp³-hybridized carbons (Fsp3) is 0.0714. The molecule has 0 heterocycles. The fourth-order valence-corrected chi connectivity index (χ4v) is 1.87. The summed E-state index contributed by atoms with van der Waals surface area (Å²) in [6, 6.07) is 8.84. The van der Waals surface area contributed by atoms with Gasteiger partial charge in [0.25, 0.3) is 0 Å². The lowest BCUT2D eigenvalue weighted by Gasteiger charge is -2.11. The summed E-state index contributed by atoms with van der Waals surface area (Å²) in [6.45, 7) is 0.0333. The average Bonchev–Trinajstić information content (AvgIpc) is 2.39. The maximum absolute atomic E-state index is 13.5. The number of anilines is 1. The number of carbonyl (C=O) groups excluding carboxylic acids is 1. The maximum Gasteiger partial charge on any atom is 0.248 e. The molecule has 4 nitrogen and oxygen atoms in total. The van der Waals surface area contributed by atoms with Crippen molar-refractivity contribution in [1.82, 2.24) is 0 Å². The smallest absolute Gasteiger partial charge is 0.248 e. The first-order valence-electron chi connectivity index (χ1n) is 5.74. The second-order valence-electron chi connectivity index (χ2n) is 4.12. The molecule has 0 atom stereocenters. The SMILES string of the molecule is NC(=O)c1ccc(COc2c(F)cccc2Cl)c(N)c1. The Hall–Kier alpha value is -2.27. The van der Waals surface area contributed by atoms with E-state index >= 15 is 0 Å². The summed E-state index contributed by atoms with van der Waals surface area (Å²) in [6.07, 6.45) is 0. The fourth-order valence-electron chi connectivity index (χ4n) is 1.65. The molecule has 0 unspecified atom stereocenters. The van der Waals surface area contributed by atoms with Crippen LogP contribution in [-0.2, 0) is 6.61 Å². The molecule has 104 valence electrons. The van der Waals surface area contributed by atoms with Gasteiger partial charge in [0.1, 0.15) is 6.61 Å². The Morgan fingerprint density at radius 2 is 2.05 bits per heavy atom. The van der Waals surface area contributed by atoms with Crippen molar-refractivity contribution in [2.45, 2.75) is 6.61 Å². The van der Waals surface area contributed by atoms with Crippen molar-refractivity contribution in [2.75, 3.05) is 5.73 Å². The lowest BCUT2D eigenvalue weighted by Crippen LogP contribution is -2.12. The average molecular weight is 295 g/mol. The molecule has 2 aromatic carbocycles. The number of hydrogen-bond donors (Lipinski definition) is 2. The van der Waals surface area contributed by atoms with Crippen molar-refractivity contribution in [3.63, 3.8) is 0 Å². The van der Waals surface area contributed by atoms with Gasteiger partial charge in [0.05, 0.1) is 5.02 Å². The third kappa shape index (κ3) is 3.00. The topological polar surface area (TPSA) is 78.3 Å². The second kappa shape index (κ2) is 5.79. The number of para-hydroxylation sites is 1. The quantitative estimate of drug-likeness (QED) is 0.851. The molecule has 0 aromatic heterocycles. The number of nitrogen functional groups attached to an aromatic ring is 1. The molecule has 0 aliphatic heterocycles. The summed E-state index contributed by atoms with van der Waals surface area (Å²) in [5.41, 5.74) is 12.2. The van der Waals surface area contributed by atoms with Gasteiger partial charge in [-0.1, -0.05) is 23.7 Å². The van der Waals surface area contributed by atoms with E-state index < -0.39 is 11.7 Å². The predicted molar refractivity (Wildman–Crippen MR) is 75.1 cm³/mol. The number of halogens is 2. The first-order valence-corrected chi connectivity index (χ1v) is 6.12. The van der Waals surface area contributed by atoms with E-state index in [-0.39, 0.29) is 17.4 Å². The zero-order chi connectivity index (χ0) is 14.7. The van der Waals surface area contributed by atoms with Crippen LogP contribution in [0.4, 0.5) is 10.1 Å². The van der Waals surface area contributed by atoms with E-state index in [9.17, 15) is 9.18 Å². The minimum Gasteiger partial charge on any atom is -0.484 e. The van der Waals surface area contributed by atoms with Crippen molar-refractivity contribution >= 4 is 23.2 Å². The molecule has 2 aromatic rings. The molecule has 1 amide bonds. The number of benzene rings is 2. The van der Waals surface area contributed by atoms with Crippen LogP contribution in [-0.4, -0.2) is 5.91 Å². The largest absolute Gasteiger partial charge is 0.484 e. The Balaban J connectivity index is 2.17. The second-order valence-corrected chi connectivity index (χ2v) is 4.52. The van der Waals surface area contributed by atoms with Crippen LogP contribution in [0.15, 0.2) is 36.4 Å². The van der Waals surface area contributed by atoms with E-state index in [1.165, 1.54) is 30.3 Å². The highest BCUT2D eigenvalue weighted by molar-refractivity contribution is 6.32. The molecular formula is C14H12ClFN2O2. The summed E-state index contributed by atoms with van der Waals surface area (Å²) in [5.74, 6) is -1.15. The van der Waals surface area contributed by atoms with Crippen LogP contribution in [0.2, 0.25) is 5.02 Å². The lowest BCUT2D eigenvalue weighted by molar-refractivity contribution is 0.100. The van der Waals surface area contributed by atoms with Gasteiger partial charge < -0.3 is 16.2 Å². The molecule has 0 aliphatic rings. The normalized spacial score (nSPS) is 10.3. The summed E-state index contributed by atoms with van der Waals surface area (Å²) >= 11 is 5.84. The lowest BCUT2D eigenvalue weighted by atomic mass is 10.1. The van der Waals surface area contributed by atoms with Gasteiger partial charge in [0.15, 0.2) is 11.6 Å². The maximum atomic E-state index is 13.5. The number of ether oxygens (including phenoxy) is 1. The molecule has 0 fully saturated rings. The highest BCUT2D eigenvalue weighted by atomic mass is 35.5. The van der Waals surface area contributed by atoms with Gasteiger partial charge in [0, 0.05) is 16.8 Å². The molecule has 0 saturated heterocycles. The zero-order valence-electron chi connectivity index (χ0n) is 10.4. The Kier molecular flexibility index (Phi) is 4.10. The van der Waals surface area contributed by atoms with E-state index in [0.29, 0.717) is 16.8 Å². The van der Waals surface area contributed by atoms with Crippen molar-refractivity contribution in [2.24, 2.45) is 5.73 Å². The van der Waals surface area contributed by atoms with Crippen molar-refractivity contribution in [3.8, 4) is 5.75 Å². The molecule has 0 saturated carbocycles.